The van der Waals surface area contributed by atoms with E-state index in [1.54, 1.807) is 0 Å². The van der Waals surface area contributed by atoms with Crippen LogP contribution in [0.2, 0.25) is 0 Å². The Balaban J connectivity index is 2.19. The summed E-state index contributed by atoms with van der Waals surface area (Å²) in [6.07, 6.45) is 1.46. The first kappa shape index (κ1) is 15.6. The van der Waals surface area contributed by atoms with Crippen LogP contribution in [0, 0.1) is 0 Å². The molecule has 1 unspecified atom stereocenters. The third-order valence-electron chi connectivity index (χ3n) is 2.90. The number of nitrogens with one attached hydrogen (secondary N) is 1. The molecule has 0 aliphatic rings. The van der Waals surface area contributed by atoms with E-state index in [4.69, 9.17) is 10.5 Å². The van der Waals surface area contributed by atoms with Crippen molar-refractivity contribution in [3.63, 3.8) is 0 Å². The molecule has 21 heavy (non-hydrogen) atoms. The molecule has 0 radical (unpaired) electrons. The third kappa shape index (κ3) is 4.07. The molecule has 0 aliphatic carbocycles. The Labute approximate surface area is 133 Å². The summed E-state index contributed by atoms with van der Waals surface area (Å²) in [6, 6.07) is 8.15. The molecular formula is C15H19BrN4O. The van der Waals surface area contributed by atoms with Gasteiger partial charge in [0.15, 0.2) is 5.82 Å². The van der Waals surface area contributed by atoms with Crippen molar-refractivity contribution in [2.24, 2.45) is 0 Å². The van der Waals surface area contributed by atoms with Crippen LogP contribution in [0.4, 0.5) is 11.5 Å². The zero-order valence-electron chi connectivity index (χ0n) is 12.3. The standard InChI is InChI=1S/C15H19BrN4O/c1-9(2)21-15-13(17)14(18-8-19-15)20-10(3)11-5-4-6-12(16)7-11/h4-10H,17H2,1-3H3,(H,18,19,20). The number of aromatic nitrogens is 2. The largest absolute Gasteiger partial charge is 0.473 e. The molecule has 0 saturated carbocycles. The van der Waals surface area contributed by atoms with Crippen LogP contribution in [0.25, 0.3) is 0 Å². The summed E-state index contributed by atoms with van der Waals surface area (Å²) in [5.41, 5.74) is 7.62. The van der Waals surface area contributed by atoms with Crippen LogP contribution >= 0.6 is 15.9 Å². The average Bonchev–Trinajstić information content (AvgIpc) is 2.42. The molecule has 5 nitrogen and oxygen atoms in total. The molecule has 2 aromatic rings. The molecule has 1 aromatic carbocycles. The quantitative estimate of drug-likeness (QED) is 0.858. The lowest BCUT2D eigenvalue weighted by Crippen LogP contribution is -2.13. The van der Waals surface area contributed by atoms with Crippen molar-refractivity contribution in [2.75, 3.05) is 11.1 Å². The first-order valence-corrected chi connectivity index (χ1v) is 7.55. The molecule has 0 amide bonds. The fraction of sp³-hybridized carbons (Fsp3) is 0.333. The molecule has 0 aliphatic heterocycles. The summed E-state index contributed by atoms with van der Waals surface area (Å²) in [4.78, 5) is 8.26. The fourth-order valence-corrected chi connectivity index (χ4v) is 2.29. The van der Waals surface area contributed by atoms with Gasteiger partial charge in [-0.3, -0.25) is 0 Å². The number of nitrogens with two attached hydrogens (primary N) is 1. The van der Waals surface area contributed by atoms with Gasteiger partial charge in [-0.1, -0.05) is 28.1 Å². The van der Waals surface area contributed by atoms with Crippen LogP contribution in [0.3, 0.4) is 0 Å². The third-order valence-corrected chi connectivity index (χ3v) is 3.39. The van der Waals surface area contributed by atoms with E-state index in [1.807, 2.05) is 39.0 Å². The maximum absolute atomic E-state index is 6.07. The summed E-state index contributed by atoms with van der Waals surface area (Å²) in [5, 5.41) is 3.29. The molecule has 0 spiro atoms. The van der Waals surface area contributed by atoms with Gasteiger partial charge in [0.2, 0.25) is 5.88 Å². The summed E-state index contributed by atoms with van der Waals surface area (Å²) in [6.45, 7) is 5.91. The molecule has 112 valence electrons. The second kappa shape index (κ2) is 6.76. The van der Waals surface area contributed by atoms with Crippen molar-refractivity contribution in [3.05, 3.63) is 40.6 Å². The predicted molar refractivity (Wildman–Crippen MR) is 88.4 cm³/mol. The number of benzene rings is 1. The lowest BCUT2D eigenvalue weighted by atomic mass is 10.1. The van der Waals surface area contributed by atoms with E-state index in [-0.39, 0.29) is 12.1 Å². The predicted octanol–water partition coefficient (Wildman–Crippen LogP) is 3.78. The summed E-state index contributed by atoms with van der Waals surface area (Å²) < 4.78 is 6.60. The summed E-state index contributed by atoms with van der Waals surface area (Å²) in [5.74, 6) is 0.983. The Morgan fingerprint density at radius 1 is 1.24 bits per heavy atom. The highest BCUT2D eigenvalue weighted by molar-refractivity contribution is 9.10. The van der Waals surface area contributed by atoms with Gasteiger partial charge < -0.3 is 15.8 Å². The maximum atomic E-state index is 6.07. The number of nitrogen functional groups attached to an aromatic ring is 1. The van der Waals surface area contributed by atoms with E-state index < -0.39 is 0 Å². The molecule has 3 N–H and O–H groups in total. The van der Waals surface area contributed by atoms with E-state index in [0.29, 0.717) is 17.4 Å². The molecule has 1 heterocycles. The SMILES string of the molecule is CC(C)Oc1ncnc(NC(C)c2cccc(Br)c2)c1N. The molecule has 1 aromatic heterocycles. The Bertz CT molecular complexity index is 618. The number of hydrogen-bond acceptors (Lipinski definition) is 5. The van der Waals surface area contributed by atoms with Crippen molar-refractivity contribution in [3.8, 4) is 5.88 Å². The Hall–Kier alpha value is -1.82. The first-order valence-electron chi connectivity index (χ1n) is 6.76. The Kier molecular flexibility index (Phi) is 5.01. The minimum absolute atomic E-state index is 0.0116. The average molecular weight is 351 g/mol. The van der Waals surface area contributed by atoms with Crippen molar-refractivity contribution >= 4 is 27.4 Å². The van der Waals surface area contributed by atoms with Crippen LogP contribution in [-0.2, 0) is 0 Å². The number of nitrogens with zero attached hydrogens (tertiary/aromatic N) is 2. The van der Waals surface area contributed by atoms with Crippen LogP contribution in [0.1, 0.15) is 32.4 Å². The summed E-state index contributed by atoms with van der Waals surface area (Å²) in [7, 11) is 0. The lowest BCUT2D eigenvalue weighted by molar-refractivity contribution is 0.234. The number of anilines is 2. The Morgan fingerprint density at radius 2 is 2.00 bits per heavy atom. The zero-order chi connectivity index (χ0) is 15.4. The Morgan fingerprint density at radius 3 is 2.67 bits per heavy atom. The zero-order valence-corrected chi connectivity index (χ0v) is 13.9. The summed E-state index contributed by atoms with van der Waals surface area (Å²) >= 11 is 3.47. The number of rotatable bonds is 5. The minimum atomic E-state index is 0.0116. The lowest BCUT2D eigenvalue weighted by Gasteiger charge is -2.18. The van der Waals surface area contributed by atoms with E-state index in [2.05, 4.69) is 37.3 Å². The second-order valence-corrected chi connectivity index (χ2v) is 5.94. The molecule has 0 fully saturated rings. The minimum Gasteiger partial charge on any atom is -0.473 e. The van der Waals surface area contributed by atoms with Gasteiger partial charge in [0.05, 0.1) is 12.1 Å². The molecular weight excluding hydrogens is 332 g/mol. The van der Waals surface area contributed by atoms with Crippen LogP contribution in [0.5, 0.6) is 5.88 Å². The topological polar surface area (TPSA) is 73.1 Å². The van der Waals surface area contributed by atoms with Gasteiger partial charge in [-0.25, -0.2) is 4.98 Å². The number of hydrogen-bond donors (Lipinski definition) is 2. The number of ether oxygens (including phenoxy) is 1. The molecule has 2 rings (SSSR count). The van der Waals surface area contributed by atoms with E-state index in [0.717, 1.165) is 10.0 Å². The highest BCUT2D eigenvalue weighted by atomic mass is 79.9. The molecule has 6 heteroatoms. The monoisotopic (exact) mass is 350 g/mol. The highest BCUT2D eigenvalue weighted by Gasteiger charge is 2.13. The van der Waals surface area contributed by atoms with E-state index >= 15 is 0 Å². The van der Waals surface area contributed by atoms with Gasteiger partial charge in [-0.15, -0.1) is 0 Å². The van der Waals surface area contributed by atoms with Gasteiger partial charge in [-0.2, -0.15) is 4.98 Å². The molecule has 1 atom stereocenters. The normalized spacial score (nSPS) is 12.2. The van der Waals surface area contributed by atoms with Crippen LogP contribution in [0.15, 0.2) is 35.1 Å². The van der Waals surface area contributed by atoms with E-state index in [1.165, 1.54) is 6.33 Å². The first-order chi connectivity index (χ1) is 9.97. The van der Waals surface area contributed by atoms with Gasteiger partial charge in [0.25, 0.3) is 0 Å². The van der Waals surface area contributed by atoms with Crippen molar-refractivity contribution in [1.29, 1.82) is 0 Å². The number of halogens is 1. The van der Waals surface area contributed by atoms with Gasteiger partial charge in [-0.05, 0) is 38.5 Å². The maximum Gasteiger partial charge on any atom is 0.242 e. The highest BCUT2D eigenvalue weighted by Crippen LogP contribution is 2.29. The molecule has 0 bridgehead atoms. The molecule has 0 saturated heterocycles. The van der Waals surface area contributed by atoms with Crippen LogP contribution in [-0.4, -0.2) is 16.1 Å². The van der Waals surface area contributed by atoms with E-state index in [9.17, 15) is 0 Å². The fourth-order valence-electron chi connectivity index (χ4n) is 1.88. The second-order valence-electron chi connectivity index (χ2n) is 5.03. The van der Waals surface area contributed by atoms with Gasteiger partial charge in [0.1, 0.15) is 12.0 Å². The van der Waals surface area contributed by atoms with Crippen molar-refractivity contribution < 1.29 is 4.74 Å². The smallest absolute Gasteiger partial charge is 0.242 e. The van der Waals surface area contributed by atoms with Crippen LogP contribution < -0.4 is 15.8 Å². The van der Waals surface area contributed by atoms with Crippen molar-refractivity contribution in [2.45, 2.75) is 32.9 Å². The van der Waals surface area contributed by atoms with Gasteiger partial charge in [0, 0.05) is 4.47 Å². The van der Waals surface area contributed by atoms with Gasteiger partial charge >= 0.3 is 0 Å². The van der Waals surface area contributed by atoms with Crippen molar-refractivity contribution in [1.82, 2.24) is 9.97 Å².